The maximum absolute atomic E-state index is 11.3. The van der Waals surface area contributed by atoms with Gasteiger partial charge in [0.1, 0.15) is 0 Å². The van der Waals surface area contributed by atoms with E-state index in [2.05, 4.69) is 0 Å². The summed E-state index contributed by atoms with van der Waals surface area (Å²) in [5.41, 5.74) is -1.14. The molecular weight excluding hydrogens is 172 g/mol. The second kappa shape index (κ2) is 3.60. The van der Waals surface area contributed by atoms with E-state index in [0.717, 1.165) is 0 Å². The second-order valence-electron chi connectivity index (χ2n) is 3.02. The lowest BCUT2D eigenvalue weighted by atomic mass is 9.97. The molecule has 0 spiro atoms. The van der Waals surface area contributed by atoms with Gasteiger partial charge in [0, 0.05) is 6.08 Å². The van der Waals surface area contributed by atoms with Gasteiger partial charge in [-0.15, -0.1) is 0 Å². The van der Waals surface area contributed by atoms with Crippen LogP contribution in [0.5, 0.6) is 0 Å². The summed E-state index contributed by atoms with van der Waals surface area (Å²) in [6.45, 7) is 3.55. The maximum Gasteiger partial charge on any atom is 0.350 e. The van der Waals surface area contributed by atoms with E-state index in [4.69, 9.17) is 9.47 Å². The number of carbonyl (C=O) groups excluding carboxylic acids is 2. The Bertz CT molecular complexity index is 256. The number of hydrogen-bond donors (Lipinski definition) is 0. The number of ketones is 1. The van der Waals surface area contributed by atoms with Gasteiger partial charge in [-0.25, -0.2) is 4.79 Å². The Morgan fingerprint density at radius 3 is 3.00 bits per heavy atom. The first-order valence-electron chi connectivity index (χ1n) is 4.13. The van der Waals surface area contributed by atoms with Crippen molar-refractivity contribution in [1.29, 1.82) is 0 Å². The van der Waals surface area contributed by atoms with Crippen molar-refractivity contribution in [2.45, 2.75) is 25.9 Å². The molecule has 4 heteroatoms. The van der Waals surface area contributed by atoms with E-state index in [0.29, 0.717) is 0 Å². The molecule has 0 amide bonds. The molecule has 4 nitrogen and oxygen atoms in total. The Labute approximate surface area is 76.5 Å². The minimum Gasteiger partial charge on any atom is -0.483 e. The zero-order chi connectivity index (χ0) is 9.90. The Morgan fingerprint density at radius 1 is 1.77 bits per heavy atom. The average molecular weight is 184 g/mol. The summed E-state index contributed by atoms with van der Waals surface area (Å²) in [7, 11) is 0. The number of ether oxygens (including phenoxy) is 2. The molecule has 0 aromatic rings. The highest BCUT2D eigenvalue weighted by molar-refractivity contribution is 5.96. The first-order chi connectivity index (χ1) is 6.08. The van der Waals surface area contributed by atoms with E-state index in [1.165, 1.54) is 12.3 Å². The Morgan fingerprint density at radius 2 is 2.46 bits per heavy atom. The molecule has 1 aliphatic rings. The molecule has 0 N–H and O–H groups in total. The lowest BCUT2D eigenvalue weighted by molar-refractivity contribution is -0.166. The molecule has 0 saturated carbocycles. The number of carbonyl (C=O) groups is 2. The molecule has 0 saturated heterocycles. The van der Waals surface area contributed by atoms with E-state index in [1.54, 1.807) is 13.8 Å². The van der Waals surface area contributed by atoms with Gasteiger partial charge in [-0.2, -0.15) is 0 Å². The molecule has 1 aliphatic heterocycles. The fourth-order valence-electron chi connectivity index (χ4n) is 1.10. The molecule has 13 heavy (non-hydrogen) atoms. The quantitative estimate of drug-likeness (QED) is 0.596. The molecule has 0 bridgehead atoms. The Hall–Kier alpha value is -1.32. The Balaban J connectivity index is 2.71. The first kappa shape index (κ1) is 9.77. The van der Waals surface area contributed by atoms with E-state index in [1.807, 2.05) is 0 Å². The molecule has 72 valence electrons. The molecule has 0 radical (unpaired) electrons. The molecule has 1 heterocycles. The fraction of sp³-hybridized carbons (Fsp3) is 0.556. The third-order valence-electron chi connectivity index (χ3n) is 1.80. The molecule has 0 aromatic carbocycles. The monoisotopic (exact) mass is 184 g/mol. The van der Waals surface area contributed by atoms with Gasteiger partial charge >= 0.3 is 5.97 Å². The largest absolute Gasteiger partial charge is 0.483 e. The minimum absolute atomic E-state index is 0.0440. The smallest absolute Gasteiger partial charge is 0.350 e. The van der Waals surface area contributed by atoms with Crippen molar-refractivity contribution in [3.8, 4) is 0 Å². The lowest BCUT2D eigenvalue weighted by Gasteiger charge is -2.27. The molecule has 0 aliphatic carbocycles. The van der Waals surface area contributed by atoms with Crippen molar-refractivity contribution >= 4 is 11.8 Å². The zero-order valence-corrected chi connectivity index (χ0v) is 7.70. The van der Waals surface area contributed by atoms with Gasteiger partial charge in [0.05, 0.1) is 19.3 Å². The van der Waals surface area contributed by atoms with Crippen LogP contribution in [0.25, 0.3) is 0 Å². The van der Waals surface area contributed by atoms with E-state index in [9.17, 15) is 9.59 Å². The van der Waals surface area contributed by atoms with Crippen LogP contribution in [0.3, 0.4) is 0 Å². The molecular formula is C9H12O4. The summed E-state index contributed by atoms with van der Waals surface area (Å²) < 4.78 is 9.86. The van der Waals surface area contributed by atoms with Crippen LogP contribution in [-0.4, -0.2) is 24.0 Å². The van der Waals surface area contributed by atoms with Crippen LogP contribution in [0, 0.1) is 0 Å². The normalized spacial score (nSPS) is 26.8. The van der Waals surface area contributed by atoms with Gasteiger partial charge in [0.25, 0.3) is 0 Å². The molecule has 1 rings (SSSR count). The van der Waals surface area contributed by atoms with Crippen molar-refractivity contribution in [1.82, 2.24) is 0 Å². The van der Waals surface area contributed by atoms with Gasteiger partial charge in [0.2, 0.25) is 5.60 Å². The second-order valence-corrected chi connectivity index (χ2v) is 3.02. The number of hydrogen-bond acceptors (Lipinski definition) is 4. The highest BCUT2D eigenvalue weighted by Gasteiger charge is 2.39. The molecule has 0 fully saturated rings. The third-order valence-corrected chi connectivity index (χ3v) is 1.80. The summed E-state index contributed by atoms with van der Waals surface area (Å²) in [6.07, 6.45) is 2.59. The van der Waals surface area contributed by atoms with Gasteiger partial charge in [-0.05, 0) is 13.8 Å². The zero-order valence-electron chi connectivity index (χ0n) is 7.70. The van der Waals surface area contributed by atoms with E-state index >= 15 is 0 Å². The van der Waals surface area contributed by atoms with Crippen LogP contribution >= 0.6 is 0 Å². The van der Waals surface area contributed by atoms with Crippen LogP contribution in [-0.2, 0) is 19.1 Å². The van der Waals surface area contributed by atoms with Crippen molar-refractivity contribution < 1.29 is 19.1 Å². The van der Waals surface area contributed by atoms with Crippen molar-refractivity contribution in [2.75, 3.05) is 6.61 Å². The van der Waals surface area contributed by atoms with Crippen LogP contribution in [0.15, 0.2) is 12.3 Å². The van der Waals surface area contributed by atoms with Gasteiger partial charge in [-0.3, -0.25) is 4.79 Å². The average Bonchev–Trinajstić information content (AvgIpc) is 2.04. The molecule has 1 unspecified atom stereocenters. The first-order valence-corrected chi connectivity index (χ1v) is 4.13. The standard InChI is InChI=1S/C9H12O4/c1-3-12-8(11)9(2)6-7(10)4-5-13-9/h4-5H,3,6H2,1-2H3. The van der Waals surface area contributed by atoms with Gasteiger partial charge in [-0.1, -0.05) is 0 Å². The summed E-state index contributed by atoms with van der Waals surface area (Å²) in [5, 5.41) is 0. The maximum atomic E-state index is 11.3. The summed E-state index contributed by atoms with van der Waals surface area (Å²) >= 11 is 0. The van der Waals surface area contributed by atoms with Crippen molar-refractivity contribution in [3.05, 3.63) is 12.3 Å². The fourth-order valence-corrected chi connectivity index (χ4v) is 1.10. The van der Waals surface area contributed by atoms with Crippen LogP contribution < -0.4 is 0 Å². The molecule has 0 aromatic heterocycles. The van der Waals surface area contributed by atoms with Gasteiger partial charge < -0.3 is 9.47 Å². The third kappa shape index (κ3) is 2.08. The number of rotatable bonds is 2. The van der Waals surface area contributed by atoms with E-state index < -0.39 is 11.6 Å². The SMILES string of the molecule is CCOC(=O)C1(C)CC(=O)C=CO1. The lowest BCUT2D eigenvalue weighted by Crippen LogP contribution is -2.42. The summed E-state index contributed by atoms with van der Waals surface area (Å²) in [4.78, 5) is 22.3. The van der Waals surface area contributed by atoms with Crippen molar-refractivity contribution in [3.63, 3.8) is 0 Å². The predicted octanol–water partition coefficient (Wildman–Crippen LogP) is 0.811. The predicted molar refractivity (Wildman–Crippen MR) is 44.9 cm³/mol. The van der Waals surface area contributed by atoms with Crippen LogP contribution in [0.4, 0.5) is 0 Å². The van der Waals surface area contributed by atoms with Crippen molar-refractivity contribution in [2.24, 2.45) is 0 Å². The minimum atomic E-state index is -1.14. The highest BCUT2D eigenvalue weighted by atomic mass is 16.6. The number of esters is 1. The van der Waals surface area contributed by atoms with E-state index in [-0.39, 0.29) is 18.8 Å². The topological polar surface area (TPSA) is 52.6 Å². The Kier molecular flexibility index (Phi) is 2.70. The van der Waals surface area contributed by atoms with Crippen LogP contribution in [0.2, 0.25) is 0 Å². The van der Waals surface area contributed by atoms with Crippen LogP contribution in [0.1, 0.15) is 20.3 Å². The highest BCUT2D eigenvalue weighted by Crippen LogP contribution is 2.22. The summed E-state index contributed by atoms with van der Waals surface area (Å²) in [6, 6.07) is 0. The van der Waals surface area contributed by atoms with Gasteiger partial charge in [0.15, 0.2) is 5.78 Å². The summed E-state index contributed by atoms with van der Waals surface area (Å²) in [5.74, 6) is -0.616. The molecule has 1 atom stereocenters. The number of allylic oxidation sites excluding steroid dienone is 1.